The van der Waals surface area contributed by atoms with E-state index in [4.69, 9.17) is 4.74 Å². The molecule has 2 unspecified atom stereocenters. The molecule has 0 radical (unpaired) electrons. The molecule has 4 aliphatic heterocycles. The van der Waals surface area contributed by atoms with Crippen molar-refractivity contribution in [2.75, 3.05) is 61.5 Å². The van der Waals surface area contributed by atoms with Gasteiger partial charge in [-0.2, -0.15) is 5.10 Å². The van der Waals surface area contributed by atoms with Crippen molar-refractivity contribution in [2.45, 2.75) is 76.8 Å². The molecule has 2 atom stereocenters. The van der Waals surface area contributed by atoms with E-state index in [1.165, 1.54) is 12.1 Å². The molecule has 16 nitrogen and oxygen atoms in total. The number of hydrogen-bond acceptors (Lipinski definition) is 11. The Morgan fingerprint density at radius 3 is 2.43 bits per heavy atom. The van der Waals surface area contributed by atoms with Crippen molar-refractivity contribution in [3.8, 4) is 0 Å². The lowest BCUT2D eigenvalue weighted by Gasteiger charge is -2.36. The zero-order valence-electron chi connectivity index (χ0n) is 37.2. The number of hydrogen-bond donors (Lipinski definition) is 5. The summed E-state index contributed by atoms with van der Waals surface area (Å²) in [6.07, 6.45) is 7.50. The van der Waals surface area contributed by atoms with Gasteiger partial charge in [0.25, 0.3) is 11.8 Å². The van der Waals surface area contributed by atoms with Gasteiger partial charge >= 0.3 is 0 Å². The first kappa shape index (κ1) is 45.2. The van der Waals surface area contributed by atoms with E-state index in [1.807, 2.05) is 35.2 Å². The molecule has 1 aliphatic carbocycles. The van der Waals surface area contributed by atoms with E-state index in [2.05, 4.69) is 36.4 Å². The summed E-state index contributed by atoms with van der Waals surface area (Å²) in [7, 11) is 0. The fourth-order valence-electron chi connectivity index (χ4n) is 9.74. The maximum absolute atomic E-state index is 14.0. The van der Waals surface area contributed by atoms with Crippen LogP contribution in [0.3, 0.4) is 0 Å². The minimum Gasteiger partial charge on any atom is -0.388 e. The molecular formula is C49H53F2N9O7. The van der Waals surface area contributed by atoms with Gasteiger partial charge in [0, 0.05) is 105 Å². The van der Waals surface area contributed by atoms with Crippen molar-refractivity contribution in [3.05, 3.63) is 106 Å². The Kier molecular flexibility index (Phi) is 12.9. The quantitative estimate of drug-likeness (QED) is 0.0836. The van der Waals surface area contributed by atoms with Gasteiger partial charge < -0.3 is 30.5 Å². The number of nitrogens with zero attached hydrogens (tertiary/aromatic N) is 4. The van der Waals surface area contributed by atoms with E-state index < -0.39 is 46.7 Å². The van der Waals surface area contributed by atoms with Crippen LogP contribution in [0.4, 0.5) is 26.0 Å². The summed E-state index contributed by atoms with van der Waals surface area (Å²) in [4.78, 5) is 83.5. The lowest BCUT2D eigenvalue weighted by Crippen LogP contribution is -2.55. The zero-order chi connectivity index (χ0) is 46.8. The summed E-state index contributed by atoms with van der Waals surface area (Å²) in [5.41, 5.74) is 4.03. The topological polar surface area (TPSA) is 198 Å². The standard InChI is InChI=1S/C49H53F2N9O7/c1-49-28-34(6-9-38(49)47(65)60(48(49)66)41-11-12-42(61)54-46(41)64)52-15-3-2-4-43(62)59-18-16-58(17-19-59)35-7-8-36(40(27-35)53-33-13-20-67-21-14-33)45(63)55-44-37-25-29(5-10-39(37)56-57-44)22-30-23-31(50)26-32(51)24-30/h5-10,23-27,33,41,52-53H,2-4,11-22,28H2,1H3,(H,54,61,64)(H2,55,56,57,63). The third-order valence-corrected chi connectivity index (χ3v) is 13.4. The lowest BCUT2D eigenvalue weighted by atomic mass is 9.77. The van der Waals surface area contributed by atoms with E-state index in [0.717, 1.165) is 40.8 Å². The van der Waals surface area contributed by atoms with Gasteiger partial charge in [0.2, 0.25) is 23.6 Å². The number of ether oxygens (including phenoxy) is 1. The molecule has 67 heavy (non-hydrogen) atoms. The van der Waals surface area contributed by atoms with Crippen LogP contribution in [0.25, 0.3) is 10.9 Å². The van der Waals surface area contributed by atoms with E-state index in [-0.39, 0.29) is 37.1 Å². The second-order valence-corrected chi connectivity index (χ2v) is 18.1. The number of amides is 6. The maximum atomic E-state index is 14.0. The van der Waals surface area contributed by atoms with Crippen LogP contribution >= 0.6 is 0 Å². The first-order chi connectivity index (χ1) is 32.3. The predicted molar refractivity (Wildman–Crippen MR) is 245 cm³/mol. The summed E-state index contributed by atoms with van der Waals surface area (Å²) in [5.74, 6) is -3.23. The number of likely N-dealkylation sites (tertiary alicyclic amines) is 1. The Labute approximate surface area is 385 Å². The Morgan fingerprint density at radius 2 is 1.67 bits per heavy atom. The SMILES string of the molecule is CC12CC(NCCCCC(=O)N3CCN(c4ccc(C(=O)Nc5n[nH]c6ccc(Cc7cc(F)cc(F)c7)cc56)c(NC5CCOCC5)c4)CC3)=CC=C1C(=O)N(C1CCC(=O)NC1=O)C2=O. The second-order valence-electron chi connectivity index (χ2n) is 18.1. The van der Waals surface area contributed by atoms with Crippen molar-refractivity contribution in [3.63, 3.8) is 0 Å². The molecule has 0 spiro atoms. The number of benzene rings is 3. The molecule has 4 fully saturated rings. The number of unbranched alkanes of at least 4 members (excludes halogenated alkanes) is 1. The third kappa shape index (κ3) is 9.66. The summed E-state index contributed by atoms with van der Waals surface area (Å²) < 4.78 is 33.4. The molecule has 3 aromatic carbocycles. The van der Waals surface area contributed by atoms with Crippen LogP contribution in [0, 0.1) is 17.0 Å². The Morgan fingerprint density at radius 1 is 0.896 bits per heavy atom. The molecule has 5 heterocycles. The number of rotatable bonds is 14. The molecule has 18 heteroatoms. The normalized spacial score (nSPS) is 21.2. The Bertz CT molecular complexity index is 2680. The fraction of sp³-hybridized carbons (Fsp3) is 0.408. The molecule has 350 valence electrons. The molecule has 1 aromatic heterocycles. The smallest absolute Gasteiger partial charge is 0.258 e. The van der Waals surface area contributed by atoms with Gasteiger partial charge in [-0.1, -0.05) is 12.1 Å². The molecular weight excluding hydrogens is 865 g/mol. The van der Waals surface area contributed by atoms with Gasteiger partial charge in [-0.15, -0.1) is 0 Å². The van der Waals surface area contributed by atoms with Crippen molar-refractivity contribution >= 4 is 63.5 Å². The molecule has 4 aromatic rings. The number of carbonyl (C=O) groups is 6. The van der Waals surface area contributed by atoms with Gasteiger partial charge in [0.05, 0.1) is 16.5 Å². The van der Waals surface area contributed by atoms with Crippen molar-refractivity contribution in [1.82, 2.24) is 30.6 Å². The molecule has 0 bridgehead atoms. The Balaban J connectivity index is 0.771. The number of H-pyrrole nitrogens is 1. The summed E-state index contributed by atoms with van der Waals surface area (Å²) in [6, 6.07) is 13.8. The van der Waals surface area contributed by atoms with Crippen LogP contribution in [-0.2, 0) is 35.1 Å². The summed E-state index contributed by atoms with van der Waals surface area (Å²) >= 11 is 0. The predicted octanol–water partition coefficient (Wildman–Crippen LogP) is 5.08. The van der Waals surface area contributed by atoms with Crippen LogP contribution in [0.1, 0.15) is 79.8 Å². The van der Waals surface area contributed by atoms with E-state index in [9.17, 15) is 37.5 Å². The second kappa shape index (κ2) is 19.1. The first-order valence-electron chi connectivity index (χ1n) is 22.9. The van der Waals surface area contributed by atoms with Crippen LogP contribution in [0.15, 0.2) is 78.0 Å². The monoisotopic (exact) mass is 917 g/mol. The number of nitrogens with one attached hydrogen (secondary N) is 5. The van der Waals surface area contributed by atoms with Crippen molar-refractivity contribution in [2.24, 2.45) is 5.41 Å². The highest BCUT2D eigenvalue weighted by Crippen LogP contribution is 2.46. The first-order valence-corrected chi connectivity index (χ1v) is 22.9. The van der Waals surface area contributed by atoms with E-state index in [1.54, 1.807) is 25.1 Å². The van der Waals surface area contributed by atoms with Crippen LogP contribution in [-0.4, -0.2) is 113 Å². The van der Waals surface area contributed by atoms with Gasteiger partial charge in [0.1, 0.15) is 17.7 Å². The number of allylic oxidation sites excluding steroid dienone is 3. The van der Waals surface area contributed by atoms with Crippen molar-refractivity contribution in [1.29, 1.82) is 0 Å². The number of carbonyl (C=O) groups excluding carboxylic acids is 6. The number of imide groups is 2. The van der Waals surface area contributed by atoms with Crippen LogP contribution in [0.2, 0.25) is 0 Å². The van der Waals surface area contributed by atoms with Gasteiger partial charge in [-0.3, -0.25) is 44.1 Å². The van der Waals surface area contributed by atoms with E-state index >= 15 is 0 Å². The number of piperazine rings is 1. The highest BCUT2D eigenvalue weighted by Gasteiger charge is 2.57. The highest BCUT2D eigenvalue weighted by atomic mass is 19.1. The van der Waals surface area contributed by atoms with Crippen LogP contribution < -0.4 is 26.2 Å². The minimum atomic E-state index is -1.12. The number of aromatic amines is 1. The Hall–Kier alpha value is -6.95. The number of anilines is 3. The molecule has 9 rings (SSSR count). The zero-order valence-corrected chi connectivity index (χ0v) is 37.2. The molecule has 4 saturated heterocycles. The molecule has 6 amide bonds. The fourth-order valence-corrected chi connectivity index (χ4v) is 9.74. The molecule has 5 N–H and O–H groups in total. The maximum Gasteiger partial charge on any atom is 0.258 e. The van der Waals surface area contributed by atoms with Gasteiger partial charge in [0.15, 0.2) is 5.82 Å². The number of halogens is 2. The van der Waals surface area contributed by atoms with Gasteiger partial charge in [-0.05, 0) is 105 Å². The molecule has 0 saturated carbocycles. The van der Waals surface area contributed by atoms with Gasteiger partial charge in [-0.25, -0.2) is 8.78 Å². The van der Waals surface area contributed by atoms with Crippen molar-refractivity contribution < 1.29 is 42.3 Å². The minimum absolute atomic E-state index is 0.0626. The number of fused-ring (bicyclic) bond motifs is 2. The third-order valence-electron chi connectivity index (χ3n) is 13.4. The van der Waals surface area contributed by atoms with Crippen LogP contribution in [0.5, 0.6) is 0 Å². The van der Waals surface area contributed by atoms with E-state index in [0.29, 0.717) is 111 Å². The largest absolute Gasteiger partial charge is 0.388 e. The highest BCUT2D eigenvalue weighted by molar-refractivity contribution is 6.20. The average Bonchev–Trinajstić information content (AvgIpc) is 3.79. The average molecular weight is 918 g/mol. The molecule has 5 aliphatic rings. The summed E-state index contributed by atoms with van der Waals surface area (Å²) in [6.45, 7) is 5.84. The summed E-state index contributed by atoms with van der Waals surface area (Å²) in [5, 5.41) is 20.2. The lowest BCUT2D eigenvalue weighted by molar-refractivity contribution is -0.152. The number of aromatic nitrogens is 2. The number of piperidine rings is 1.